The highest BCUT2D eigenvalue weighted by Gasteiger charge is 2.74. The first-order valence-electron chi connectivity index (χ1n) is 10.7. The first-order chi connectivity index (χ1) is 14.2. The molecule has 1 spiro atoms. The summed E-state index contributed by atoms with van der Waals surface area (Å²) in [5, 5.41) is 4.84. The molecule has 2 fully saturated rings. The van der Waals surface area contributed by atoms with Crippen molar-refractivity contribution in [3.05, 3.63) is 28.8 Å². The minimum absolute atomic E-state index is 0.109. The number of anilines is 1. The van der Waals surface area contributed by atoms with Gasteiger partial charge in [0.2, 0.25) is 23.3 Å². The van der Waals surface area contributed by atoms with Gasteiger partial charge in [0, 0.05) is 24.9 Å². The SMILES string of the molecule is CCCCN1C(=O)[C@H]2[C@@H](C1=O)[C@@]1([NH2+][C@@H]2CCC(N)=O)C(=O)Nc2c1ccc(C)c2C. The van der Waals surface area contributed by atoms with Crippen molar-refractivity contribution in [3.8, 4) is 0 Å². The Balaban J connectivity index is 1.83. The summed E-state index contributed by atoms with van der Waals surface area (Å²) in [6, 6.07) is 3.49. The van der Waals surface area contributed by atoms with Crippen LogP contribution in [-0.2, 0) is 24.7 Å². The molecular formula is C22H29N4O4+. The molecule has 1 aromatic carbocycles. The maximum atomic E-state index is 13.5. The Hall–Kier alpha value is -2.74. The van der Waals surface area contributed by atoms with Gasteiger partial charge < -0.3 is 16.4 Å². The van der Waals surface area contributed by atoms with Crippen molar-refractivity contribution in [2.24, 2.45) is 17.6 Å². The van der Waals surface area contributed by atoms with Gasteiger partial charge in [0.05, 0.1) is 5.69 Å². The molecule has 0 aromatic heterocycles. The number of carbonyl (C=O) groups excluding carboxylic acids is 4. The number of imide groups is 1. The fourth-order valence-electron chi connectivity index (χ4n) is 5.45. The van der Waals surface area contributed by atoms with Crippen LogP contribution in [0.15, 0.2) is 12.1 Å². The zero-order valence-corrected chi connectivity index (χ0v) is 17.7. The molecule has 0 unspecified atom stereocenters. The van der Waals surface area contributed by atoms with Gasteiger partial charge in [-0.05, 0) is 37.5 Å². The minimum atomic E-state index is -1.19. The fourth-order valence-corrected chi connectivity index (χ4v) is 5.45. The number of carbonyl (C=O) groups is 4. The first kappa shape index (κ1) is 20.5. The van der Waals surface area contributed by atoms with Gasteiger partial charge in [0.1, 0.15) is 17.9 Å². The smallest absolute Gasteiger partial charge is 0.291 e. The summed E-state index contributed by atoms with van der Waals surface area (Å²) in [6.45, 7) is 6.28. The number of unbranched alkanes of at least 4 members (excludes halogenated alkanes) is 1. The van der Waals surface area contributed by atoms with Crippen molar-refractivity contribution in [2.45, 2.75) is 58.0 Å². The maximum Gasteiger partial charge on any atom is 0.291 e. The van der Waals surface area contributed by atoms with E-state index in [0.717, 1.165) is 35.2 Å². The number of nitrogens with zero attached hydrogens (tertiary/aromatic N) is 1. The van der Waals surface area contributed by atoms with Crippen LogP contribution in [0.1, 0.15) is 49.3 Å². The van der Waals surface area contributed by atoms with Crippen LogP contribution in [0.4, 0.5) is 5.69 Å². The van der Waals surface area contributed by atoms with Crippen molar-refractivity contribution < 1.29 is 24.5 Å². The highest BCUT2D eigenvalue weighted by atomic mass is 16.2. The summed E-state index contributed by atoms with van der Waals surface area (Å²) in [4.78, 5) is 52.9. The Bertz CT molecular complexity index is 959. The number of nitrogens with one attached hydrogen (secondary N) is 1. The fraction of sp³-hybridized carbons (Fsp3) is 0.545. The third-order valence-corrected chi connectivity index (χ3v) is 7.13. The second-order valence-electron chi connectivity index (χ2n) is 8.77. The number of hydrogen-bond donors (Lipinski definition) is 3. The molecule has 4 amide bonds. The molecule has 4 atom stereocenters. The zero-order chi connectivity index (χ0) is 21.8. The molecule has 2 saturated heterocycles. The van der Waals surface area contributed by atoms with Crippen molar-refractivity contribution in [1.29, 1.82) is 0 Å². The molecule has 1 aromatic rings. The first-order valence-corrected chi connectivity index (χ1v) is 10.7. The van der Waals surface area contributed by atoms with Crippen LogP contribution >= 0.6 is 0 Å². The lowest BCUT2D eigenvalue weighted by Crippen LogP contribution is -2.99. The molecule has 3 heterocycles. The largest absolute Gasteiger partial charge is 0.370 e. The van der Waals surface area contributed by atoms with Gasteiger partial charge in [-0.25, -0.2) is 0 Å². The van der Waals surface area contributed by atoms with Crippen LogP contribution in [0.5, 0.6) is 0 Å². The van der Waals surface area contributed by atoms with Crippen LogP contribution < -0.4 is 16.4 Å². The third kappa shape index (κ3) is 2.70. The predicted molar refractivity (Wildman–Crippen MR) is 109 cm³/mol. The second-order valence-corrected chi connectivity index (χ2v) is 8.77. The number of fused-ring (bicyclic) bond motifs is 4. The molecule has 0 saturated carbocycles. The summed E-state index contributed by atoms with van der Waals surface area (Å²) < 4.78 is 0. The quantitative estimate of drug-likeness (QED) is 0.570. The molecule has 160 valence electrons. The second kappa shape index (κ2) is 7.19. The monoisotopic (exact) mass is 413 g/mol. The Morgan fingerprint density at radius 2 is 1.97 bits per heavy atom. The normalized spacial score (nSPS) is 29.5. The van der Waals surface area contributed by atoms with E-state index in [1.165, 1.54) is 4.90 Å². The van der Waals surface area contributed by atoms with E-state index < -0.39 is 23.3 Å². The zero-order valence-electron chi connectivity index (χ0n) is 17.7. The predicted octanol–water partition coefficient (Wildman–Crippen LogP) is 0.0632. The Kier molecular flexibility index (Phi) is 4.92. The number of amides is 4. The lowest BCUT2D eigenvalue weighted by atomic mass is 9.76. The molecule has 0 aliphatic carbocycles. The van der Waals surface area contributed by atoms with E-state index in [4.69, 9.17) is 5.73 Å². The molecule has 8 heteroatoms. The summed E-state index contributed by atoms with van der Waals surface area (Å²) in [7, 11) is 0. The highest BCUT2D eigenvalue weighted by molar-refractivity contribution is 6.14. The van der Waals surface area contributed by atoms with Gasteiger partial charge in [0.15, 0.2) is 0 Å². The van der Waals surface area contributed by atoms with Gasteiger partial charge >= 0.3 is 0 Å². The Morgan fingerprint density at radius 3 is 2.63 bits per heavy atom. The van der Waals surface area contributed by atoms with Gasteiger partial charge in [-0.2, -0.15) is 0 Å². The molecular weight excluding hydrogens is 384 g/mol. The molecule has 3 aliphatic heterocycles. The molecule has 0 radical (unpaired) electrons. The topological polar surface area (TPSA) is 126 Å². The standard InChI is InChI=1S/C22H28N4O4/c1-4-5-10-26-19(28)16-14(8-9-15(23)27)25-22(17(16)20(26)29)13-7-6-11(2)12(3)18(13)24-21(22)30/h6-7,14,16-17,25H,4-5,8-10H2,1-3H3,(H2,23,27)(H,24,30)/p+1/t14-,16-,17+,22-/m1/s1. The maximum absolute atomic E-state index is 13.5. The molecule has 3 aliphatic rings. The van der Waals surface area contributed by atoms with Gasteiger partial charge in [-0.15, -0.1) is 0 Å². The summed E-state index contributed by atoms with van der Waals surface area (Å²) >= 11 is 0. The molecule has 5 N–H and O–H groups in total. The lowest BCUT2D eigenvalue weighted by Gasteiger charge is -2.26. The molecule has 8 nitrogen and oxygen atoms in total. The van der Waals surface area contributed by atoms with Gasteiger partial charge in [-0.3, -0.25) is 24.1 Å². The number of nitrogens with two attached hydrogens (primary N) is 2. The lowest BCUT2D eigenvalue weighted by molar-refractivity contribution is -0.734. The Morgan fingerprint density at radius 1 is 1.23 bits per heavy atom. The summed E-state index contributed by atoms with van der Waals surface area (Å²) in [5.41, 5.74) is 7.66. The number of quaternary nitrogens is 1. The van der Waals surface area contributed by atoms with Crippen LogP contribution in [0.2, 0.25) is 0 Å². The summed E-state index contributed by atoms with van der Waals surface area (Å²) in [6.07, 6.45) is 2.04. The number of aryl methyl sites for hydroxylation is 1. The van der Waals surface area contributed by atoms with Crippen molar-refractivity contribution >= 4 is 29.3 Å². The van der Waals surface area contributed by atoms with Crippen molar-refractivity contribution in [3.63, 3.8) is 0 Å². The van der Waals surface area contributed by atoms with Crippen molar-refractivity contribution in [1.82, 2.24) is 4.90 Å². The molecule has 30 heavy (non-hydrogen) atoms. The number of hydrogen-bond acceptors (Lipinski definition) is 4. The van der Waals surface area contributed by atoms with Crippen LogP contribution in [0, 0.1) is 25.7 Å². The van der Waals surface area contributed by atoms with Crippen molar-refractivity contribution in [2.75, 3.05) is 11.9 Å². The number of rotatable bonds is 6. The van der Waals surface area contributed by atoms with Crippen LogP contribution in [0.25, 0.3) is 0 Å². The Labute approximate surface area is 175 Å². The summed E-state index contributed by atoms with van der Waals surface area (Å²) in [5.74, 6) is -2.64. The van der Waals surface area contributed by atoms with E-state index in [1.807, 2.05) is 38.2 Å². The third-order valence-electron chi connectivity index (χ3n) is 7.13. The van der Waals surface area contributed by atoms with E-state index in [0.29, 0.717) is 13.0 Å². The average Bonchev–Trinajstić information content (AvgIpc) is 3.27. The van der Waals surface area contributed by atoms with E-state index >= 15 is 0 Å². The highest BCUT2D eigenvalue weighted by Crippen LogP contribution is 2.50. The van der Waals surface area contributed by atoms with E-state index in [2.05, 4.69) is 5.32 Å². The van der Waals surface area contributed by atoms with E-state index in [9.17, 15) is 19.2 Å². The number of primary amides is 1. The van der Waals surface area contributed by atoms with E-state index in [1.54, 1.807) is 0 Å². The molecule has 0 bridgehead atoms. The minimum Gasteiger partial charge on any atom is -0.370 e. The van der Waals surface area contributed by atoms with Crippen LogP contribution in [0.3, 0.4) is 0 Å². The number of benzene rings is 1. The number of likely N-dealkylation sites (tertiary alicyclic amines) is 1. The van der Waals surface area contributed by atoms with E-state index in [-0.39, 0.29) is 30.2 Å². The average molecular weight is 413 g/mol. The van der Waals surface area contributed by atoms with Gasteiger partial charge in [0.25, 0.3) is 5.91 Å². The molecule has 4 rings (SSSR count). The van der Waals surface area contributed by atoms with Crippen LogP contribution in [-0.4, -0.2) is 41.1 Å². The van der Waals surface area contributed by atoms with Gasteiger partial charge in [-0.1, -0.05) is 19.4 Å².